The summed E-state index contributed by atoms with van der Waals surface area (Å²) in [5.74, 6) is 0.303. The van der Waals surface area contributed by atoms with Gasteiger partial charge in [0.2, 0.25) is 10.0 Å². The molecule has 3 rings (SSSR count). The summed E-state index contributed by atoms with van der Waals surface area (Å²) in [5.41, 5.74) is 1.04. The maximum absolute atomic E-state index is 12.9. The van der Waals surface area contributed by atoms with E-state index in [2.05, 4.69) is 18.7 Å². The number of piperazine rings is 1. The molecular weight excluding hydrogens is 300 g/mol. The van der Waals surface area contributed by atoms with Crippen molar-refractivity contribution in [3.8, 4) is 0 Å². The molecule has 0 aliphatic carbocycles. The smallest absolute Gasteiger partial charge is 0.243 e. The maximum Gasteiger partial charge on any atom is 0.243 e. The minimum atomic E-state index is -3.45. The third-order valence-corrected chi connectivity index (χ3v) is 6.58. The topological polar surface area (TPSA) is 60.9 Å². The van der Waals surface area contributed by atoms with Crippen LogP contribution in [0.15, 0.2) is 29.2 Å². The molecule has 5 nitrogen and oxygen atoms in total. The van der Waals surface area contributed by atoms with Crippen molar-refractivity contribution >= 4 is 10.0 Å². The average molecular weight is 324 g/mol. The third-order valence-electron chi connectivity index (χ3n) is 4.72. The molecule has 2 aliphatic heterocycles. The quantitative estimate of drug-likeness (QED) is 0.909. The van der Waals surface area contributed by atoms with E-state index in [4.69, 9.17) is 0 Å². The zero-order chi connectivity index (χ0) is 15.9. The van der Waals surface area contributed by atoms with Gasteiger partial charge in [-0.3, -0.25) is 4.90 Å². The lowest BCUT2D eigenvalue weighted by atomic mass is 10.0. The van der Waals surface area contributed by atoms with Gasteiger partial charge in [-0.1, -0.05) is 26.0 Å². The highest BCUT2D eigenvalue weighted by molar-refractivity contribution is 7.89. The molecule has 6 heteroatoms. The van der Waals surface area contributed by atoms with E-state index < -0.39 is 10.0 Å². The van der Waals surface area contributed by atoms with Gasteiger partial charge in [0.15, 0.2) is 0 Å². The van der Waals surface area contributed by atoms with Crippen LogP contribution in [0.25, 0.3) is 0 Å². The minimum Gasteiger partial charge on any atom is -0.392 e. The van der Waals surface area contributed by atoms with Crippen molar-refractivity contribution in [1.29, 1.82) is 0 Å². The summed E-state index contributed by atoms with van der Waals surface area (Å²) in [7, 11) is -3.45. The van der Waals surface area contributed by atoms with Crippen molar-refractivity contribution < 1.29 is 13.5 Å². The molecule has 2 heterocycles. The van der Waals surface area contributed by atoms with E-state index in [9.17, 15) is 13.5 Å². The number of rotatable bonds is 3. The Balaban J connectivity index is 1.83. The van der Waals surface area contributed by atoms with Gasteiger partial charge in [0.1, 0.15) is 0 Å². The largest absolute Gasteiger partial charge is 0.392 e. The first-order chi connectivity index (χ1) is 10.4. The highest BCUT2D eigenvalue weighted by atomic mass is 32.2. The van der Waals surface area contributed by atoms with E-state index in [1.54, 1.807) is 16.4 Å². The van der Waals surface area contributed by atoms with E-state index >= 15 is 0 Å². The van der Waals surface area contributed by atoms with Crippen LogP contribution in [-0.2, 0) is 10.0 Å². The first-order valence-corrected chi connectivity index (χ1v) is 9.34. The molecule has 1 N–H and O–H groups in total. The van der Waals surface area contributed by atoms with Gasteiger partial charge in [-0.2, -0.15) is 4.31 Å². The van der Waals surface area contributed by atoms with Gasteiger partial charge in [0.25, 0.3) is 0 Å². The van der Waals surface area contributed by atoms with E-state index in [0.29, 0.717) is 43.4 Å². The second-order valence-corrected chi connectivity index (χ2v) is 8.57. The van der Waals surface area contributed by atoms with Crippen molar-refractivity contribution in [1.82, 2.24) is 9.21 Å². The summed E-state index contributed by atoms with van der Waals surface area (Å²) in [5, 5.41) is 9.75. The van der Waals surface area contributed by atoms with Gasteiger partial charge in [-0.25, -0.2) is 8.42 Å². The molecule has 0 bridgehead atoms. The normalized spacial score (nSPS) is 27.3. The fourth-order valence-electron chi connectivity index (χ4n) is 3.39. The standard InChI is InChI=1S/C16H24N2O3S/c1-12(2)13-4-3-5-16(8-13)22(20,21)18-7-6-17-11-15(19)9-14(17)10-18/h3-5,8,12,14-15,19H,6-7,9-11H2,1-2H3/t14-,15+/m0/s1. The highest BCUT2D eigenvalue weighted by Crippen LogP contribution is 2.27. The summed E-state index contributed by atoms with van der Waals surface area (Å²) < 4.78 is 27.3. The van der Waals surface area contributed by atoms with Gasteiger partial charge in [0.05, 0.1) is 11.0 Å². The Bertz CT molecular complexity index is 645. The van der Waals surface area contributed by atoms with Gasteiger partial charge < -0.3 is 5.11 Å². The van der Waals surface area contributed by atoms with Crippen LogP contribution in [0.4, 0.5) is 0 Å². The Morgan fingerprint density at radius 2 is 2.00 bits per heavy atom. The molecule has 0 aromatic heterocycles. The SMILES string of the molecule is CC(C)c1cccc(S(=O)(=O)N2CCN3C[C@H](O)C[C@H]3C2)c1. The minimum absolute atomic E-state index is 0.145. The van der Waals surface area contributed by atoms with Crippen LogP contribution < -0.4 is 0 Å². The van der Waals surface area contributed by atoms with Gasteiger partial charge in [0, 0.05) is 32.2 Å². The molecule has 22 heavy (non-hydrogen) atoms. The first kappa shape index (κ1) is 15.9. The molecule has 0 saturated carbocycles. The lowest BCUT2D eigenvalue weighted by Gasteiger charge is -2.36. The van der Waals surface area contributed by atoms with Crippen molar-refractivity contribution in [3.63, 3.8) is 0 Å². The zero-order valence-corrected chi connectivity index (χ0v) is 14.0. The van der Waals surface area contributed by atoms with Crippen LogP contribution in [0.3, 0.4) is 0 Å². The Morgan fingerprint density at radius 1 is 1.23 bits per heavy atom. The number of benzene rings is 1. The molecular formula is C16H24N2O3S. The zero-order valence-electron chi connectivity index (χ0n) is 13.1. The predicted octanol–water partition coefficient (Wildman–Crippen LogP) is 1.25. The molecule has 122 valence electrons. The Kier molecular flexibility index (Phi) is 4.29. The highest BCUT2D eigenvalue weighted by Gasteiger charge is 2.39. The number of aliphatic hydroxyl groups is 1. The molecule has 1 aromatic carbocycles. The third kappa shape index (κ3) is 2.93. The molecule has 2 aliphatic rings. The van der Waals surface area contributed by atoms with Crippen LogP contribution >= 0.6 is 0 Å². The summed E-state index contributed by atoms with van der Waals surface area (Å²) in [6.07, 6.45) is 0.342. The van der Waals surface area contributed by atoms with E-state index in [-0.39, 0.29) is 12.1 Å². The molecule has 0 spiro atoms. The number of hydrogen-bond donors (Lipinski definition) is 1. The lowest BCUT2D eigenvalue weighted by Crippen LogP contribution is -2.51. The Hall–Kier alpha value is -0.950. The number of nitrogens with zero attached hydrogens (tertiary/aromatic N) is 2. The molecule has 2 fully saturated rings. The number of hydrogen-bond acceptors (Lipinski definition) is 4. The summed E-state index contributed by atoms with van der Waals surface area (Å²) >= 11 is 0. The van der Waals surface area contributed by atoms with E-state index in [1.165, 1.54) is 0 Å². The first-order valence-electron chi connectivity index (χ1n) is 7.90. The summed E-state index contributed by atoms with van der Waals surface area (Å²) in [6.45, 7) is 6.46. The maximum atomic E-state index is 12.9. The van der Waals surface area contributed by atoms with Crippen LogP contribution in [0.1, 0.15) is 31.7 Å². The van der Waals surface area contributed by atoms with E-state index in [1.807, 2.05) is 12.1 Å². The molecule has 0 amide bonds. The van der Waals surface area contributed by atoms with Crippen LogP contribution in [0, 0.1) is 0 Å². The second kappa shape index (κ2) is 5.92. The molecule has 1 aromatic rings. The van der Waals surface area contributed by atoms with Gasteiger partial charge in [-0.05, 0) is 30.0 Å². The Labute approximate surface area is 132 Å². The summed E-state index contributed by atoms with van der Waals surface area (Å²) in [4.78, 5) is 2.58. The Morgan fingerprint density at radius 3 is 2.73 bits per heavy atom. The fraction of sp³-hybridized carbons (Fsp3) is 0.625. The van der Waals surface area contributed by atoms with Crippen molar-refractivity contribution in [3.05, 3.63) is 29.8 Å². The number of aliphatic hydroxyl groups excluding tert-OH is 1. The van der Waals surface area contributed by atoms with Crippen LogP contribution in [0.5, 0.6) is 0 Å². The lowest BCUT2D eigenvalue weighted by molar-refractivity contribution is 0.147. The van der Waals surface area contributed by atoms with Crippen molar-refractivity contribution in [2.45, 2.75) is 43.2 Å². The van der Waals surface area contributed by atoms with Gasteiger partial charge in [-0.15, -0.1) is 0 Å². The van der Waals surface area contributed by atoms with Crippen LogP contribution in [-0.4, -0.2) is 61.1 Å². The molecule has 2 atom stereocenters. The van der Waals surface area contributed by atoms with Crippen molar-refractivity contribution in [2.24, 2.45) is 0 Å². The van der Waals surface area contributed by atoms with Gasteiger partial charge >= 0.3 is 0 Å². The van der Waals surface area contributed by atoms with Crippen LogP contribution in [0.2, 0.25) is 0 Å². The van der Waals surface area contributed by atoms with E-state index in [0.717, 1.165) is 5.56 Å². The average Bonchev–Trinajstić information content (AvgIpc) is 2.86. The monoisotopic (exact) mass is 324 g/mol. The predicted molar refractivity (Wildman–Crippen MR) is 85.3 cm³/mol. The fourth-order valence-corrected chi connectivity index (χ4v) is 4.91. The summed E-state index contributed by atoms with van der Waals surface area (Å²) in [6, 6.07) is 7.39. The number of sulfonamides is 1. The second-order valence-electron chi connectivity index (χ2n) is 6.63. The number of fused-ring (bicyclic) bond motifs is 1. The van der Waals surface area contributed by atoms with Crippen molar-refractivity contribution in [2.75, 3.05) is 26.2 Å². The molecule has 0 radical (unpaired) electrons. The molecule has 2 saturated heterocycles. The molecule has 0 unspecified atom stereocenters.